The zero-order valence-electron chi connectivity index (χ0n) is 10.7. The summed E-state index contributed by atoms with van der Waals surface area (Å²) in [7, 11) is 0. The molecule has 0 aromatic heterocycles. The number of carbonyl (C=O) groups excluding carboxylic acids is 1. The fourth-order valence-corrected chi connectivity index (χ4v) is 2.33. The second-order valence-electron chi connectivity index (χ2n) is 3.99. The summed E-state index contributed by atoms with van der Waals surface area (Å²) in [4.78, 5) is 12.9. The first-order chi connectivity index (χ1) is 9.63. The highest BCUT2D eigenvalue weighted by Gasteiger charge is 2.08. The van der Waals surface area contributed by atoms with Gasteiger partial charge in [-0.15, -0.1) is 11.8 Å². The lowest BCUT2D eigenvalue weighted by Gasteiger charge is -2.07. The molecule has 0 aliphatic heterocycles. The number of hydrogen-bond acceptors (Lipinski definition) is 3. The minimum absolute atomic E-state index is 0.234. The predicted molar refractivity (Wildman–Crippen MR) is 82.3 cm³/mol. The van der Waals surface area contributed by atoms with Crippen LogP contribution in [-0.4, -0.2) is 12.2 Å². The predicted octanol–water partition coefficient (Wildman–Crippen LogP) is 4.19. The number of amides is 1. The van der Waals surface area contributed by atoms with E-state index in [1.165, 1.54) is 11.8 Å². The average molecular weight is 303 g/mol. The molecule has 2 rings (SSSR count). The van der Waals surface area contributed by atoms with Crippen LogP contribution >= 0.6 is 23.4 Å². The summed E-state index contributed by atoms with van der Waals surface area (Å²) in [6.45, 7) is 0. The summed E-state index contributed by atoms with van der Waals surface area (Å²) in [5.41, 5.74) is 1.66. The van der Waals surface area contributed by atoms with Gasteiger partial charge in [-0.05, 0) is 48.7 Å². The fraction of sp³-hybridized carbons (Fsp3) is 0.0667. The van der Waals surface area contributed by atoms with Crippen molar-refractivity contribution in [2.75, 3.05) is 11.6 Å². The number of benzene rings is 2. The Kier molecular flexibility index (Phi) is 4.67. The smallest absolute Gasteiger partial charge is 0.255 e. The van der Waals surface area contributed by atoms with Gasteiger partial charge in [0.05, 0.1) is 5.56 Å². The molecular formula is C15H11ClN2OS. The van der Waals surface area contributed by atoms with E-state index in [4.69, 9.17) is 16.9 Å². The van der Waals surface area contributed by atoms with Gasteiger partial charge in [0.25, 0.3) is 5.91 Å². The standard InChI is InChI=1S/C15H11ClN2OS/c1-20-14-7-6-13(8-11(14)9-17)18-15(19)10-2-4-12(16)5-3-10/h2-8H,1H3,(H,18,19). The number of thioether (sulfide) groups is 1. The SMILES string of the molecule is CSc1ccc(NC(=O)c2ccc(Cl)cc2)cc1C#N. The van der Waals surface area contributed by atoms with Gasteiger partial charge in [-0.25, -0.2) is 0 Å². The number of carbonyl (C=O) groups is 1. The normalized spacial score (nSPS) is 9.85. The molecule has 3 nitrogen and oxygen atoms in total. The Hall–Kier alpha value is -1.96. The maximum Gasteiger partial charge on any atom is 0.255 e. The summed E-state index contributed by atoms with van der Waals surface area (Å²) in [5.74, 6) is -0.234. The molecule has 100 valence electrons. The number of halogens is 1. The molecule has 0 saturated carbocycles. The van der Waals surface area contributed by atoms with Gasteiger partial charge < -0.3 is 5.32 Å². The molecule has 0 saturated heterocycles. The summed E-state index contributed by atoms with van der Waals surface area (Å²) >= 11 is 7.28. The minimum atomic E-state index is -0.234. The monoisotopic (exact) mass is 302 g/mol. The van der Waals surface area contributed by atoms with Crippen molar-refractivity contribution in [3.05, 3.63) is 58.6 Å². The third-order valence-electron chi connectivity index (χ3n) is 2.68. The van der Waals surface area contributed by atoms with Crippen LogP contribution < -0.4 is 5.32 Å². The summed E-state index contributed by atoms with van der Waals surface area (Å²) in [5, 5.41) is 12.4. The molecule has 0 aliphatic rings. The van der Waals surface area contributed by atoms with Crippen molar-refractivity contribution in [1.82, 2.24) is 0 Å². The lowest BCUT2D eigenvalue weighted by molar-refractivity contribution is 0.102. The zero-order valence-corrected chi connectivity index (χ0v) is 12.3. The lowest BCUT2D eigenvalue weighted by Crippen LogP contribution is -2.11. The molecule has 0 atom stereocenters. The van der Waals surface area contributed by atoms with Gasteiger partial charge in [0.2, 0.25) is 0 Å². The van der Waals surface area contributed by atoms with Gasteiger partial charge in [0.15, 0.2) is 0 Å². The highest BCUT2D eigenvalue weighted by atomic mass is 35.5. The third kappa shape index (κ3) is 3.32. The van der Waals surface area contributed by atoms with Crippen molar-refractivity contribution < 1.29 is 4.79 Å². The van der Waals surface area contributed by atoms with E-state index in [9.17, 15) is 4.79 Å². The van der Waals surface area contributed by atoms with Gasteiger partial charge in [-0.2, -0.15) is 5.26 Å². The molecule has 0 heterocycles. The number of anilines is 1. The lowest BCUT2D eigenvalue weighted by atomic mass is 10.2. The summed E-state index contributed by atoms with van der Waals surface area (Å²) < 4.78 is 0. The van der Waals surface area contributed by atoms with Gasteiger partial charge in [0.1, 0.15) is 6.07 Å². The number of rotatable bonds is 3. The molecule has 0 spiro atoms. The molecule has 20 heavy (non-hydrogen) atoms. The van der Waals surface area contributed by atoms with E-state index in [1.807, 2.05) is 12.3 Å². The first-order valence-corrected chi connectivity index (χ1v) is 7.39. The molecule has 2 aromatic carbocycles. The number of hydrogen-bond donors (Lipinski definition) is 1. The highest BCUT2D eigenvalue weighted by molar-refractivity contribution is 7.98. The van der Waals surface area contributed by atoms with E-state index in [0.29, 0.717) is 21.8 Å². The van der Waals surface area contributed by atoms with Crippen molar-refractivity contribution in [3.8, 4) is 6.07 Å². The van der Waals surface area contributed by atoms with Gasteiger partial charge in [-0.1, -0.05) is 11.6 Å². The summed E-state index contributed by atoms with van der Waals surface area (Å²) in [6.07, 6.45) is 1.90. The number of nitriles is 1. The quantitative estimate of drug-likeness (QED) is 0.865. The van der Waals surface area contributed by atoms with Crippen molar-refractivity contribution in [2.24, 2.45) is 0 Å². The van der Waals surface area contributed by atoms with E-state index in [-0.39, 0.29) is 5.91 Å². The van der Waals surface area contributed by atoms with E-state index in [2.05, 4.69) is 11.4 Å². The van der Waals surface area contributed by atoms with Crippen LogP contribution in [0.1, 0.15) is 15.9 Å². The van der Waals surface area contributed by atoms with Crippen LogP contribution in [0.5, 0.6) is 0 Å². The molecule has 5 heteroatoms. The van der Waals surface area contributed by atoms with Crippen LogP contribution in [0.2, 0.25) is 5.02 Å². The topological polar surface area (TPSA) is 52.9 Å². The zero-order chi connectivity index (χ0) is 14.5. The minimum Gasteiger partial charge on any atom is -0.322 e. The molecule has 1 amide bonds. The molecule has 0 fully saturated rings. The second-order valence-corrected chi connectivity index (χ2v) is 5.27. The van der Waals surface area contributed by atoms with Crippen LogP contribution in [0.3, 0.4) is 0 Å². The molecule has 0 aliphatic carbocycles. The Labute approximate surface area is 126 Å². The van der Waals surface area contributed by atoms with Crippen molar-refractivity contribution >= 4 is 35.0 Å². The van der Waals surface area contributed by atoms with Crippen LogP contribution in [0.25, 0.3) is 0 Å². The van der Waals surface area contributed by atoms with E-state index in [0.717, 1.165) is 4.90 Å². The van der Waals surface area contributed by atoms with Crippen LogP contribution in [0, 0.1) is 11.3 Å². The first kappa shape index (κ1) is 14.4. The average Bonchev–Trinajstić information content (AvgIpc) is 2.47. The molecule has 1 N–H and O–H groups in total. The maximum absolute atomic E-state index is 12.0. The molecule has 0 unspecified atom stereocenters. The molecular weight excluding hydrogens is 292 g/mol. The Morgan fingerprint density at radius 3 is 2.55 bits per heavy atom. The number of nitrogens with zero attached hydrogens (tertiary/aromatic N) is 1. The van der Waals surface area contributed by atoms with Crippen LogP contribution in [0.15, 0.2) is 47.4 Å². The highest BCUT2D eigenvalue weighted by Crippen LogP contribution is 2.23. The molecule has 0 radical (unpaired) electrons. The third-order valence-corrected chi connectivity index (χ3v) is 3.73. The molecule has 2 aromatic rings. The van der Waals surface area contributed by atoms with E-state index in [1.54, 1.807) is 36.4 Å². The van der Waals surface area contributed by atoms with Crippen LogP contribution in [-0.2, 0) is 0 Å². The summed E-state index contributed by atoms with van der Waals surface area (Å²) in [6, 6.07) is 14.0. The van der Waals surface area contributed by atoms with Crippen molar-refractivity contribution in [2.45, 2.75) is 4.90 Å². The Morgan fingerprint density at radius 1 is 1.25 bits per heavy atom. The Balaban J connectivity index is 2.20. The van der Waals surface area contributed by atoms with E-state index < -0.39 is 0 Å². The van der Waals surface area contributed by atoms with Crippen molar-refractivity contribution in [1.29, 1.82) is 5.26 Å². The Bertz CT molecular complexity index is 677. The Morgan fingerprint density at radius 2 is 1.95 bits per heavy atom. The maximum atomic E-state index is 12.0. The van der Waals surface area contributed by atoms with Gasteiger partial charge >= 0.3 is 0 Å². The number of nitrogens with one attached hydrogen (secondary N) is 1. The van der Waals surface area contributed by atoms with Gasteiger partial charge in [-0.3, -0.25) is 4.79 Å². The first-order valence-electron chi connectivity index (χ1n) is 5.79. The van der Waals surface area contributed by atoms with Gasteiger partial charge in [0, 0.05) is 21.2 Å². The fourth-order valence-electron chi connectivity index (χ4n) is 1.68. The largest absolute Gasteiger partial charge is 0.322 e. The second kappa shape index (κ2) is 6.47. The van der Waals surface area contributed by atoms with Crippen molar-refractivity contribution in [3.63, 3.8) is 0 Å². The van der Waals surface area contributed by atoms with E-state index >= 15 is 0 Å². The molecule has 0 bridgehead atoms. The van der Waals surface area contributed by atoms with Crippen LogP contribution in [0.4, 0.5) is 5.69 Å².